The summed E-state index contributed by atoms with van der Waals surface area (Å²) in [6, 6.07) is 16.6. The Hall–Kier alpha value is -3.59. The molecule has 0 fully saturated rings. The van der Waals surface area contributed by atoms with Crippen LogP contribution in [0.3, 0.4) is 0 Å². The molecule has 0 radical (unpaired) electrons. The van der Waals surface area contributed by atoms with E-state index in [0.29, 0.717) is 22.7 Å². The first kappa shape index (κ1) is 16.3. The SMILES string of the molecule is C[C@@H](Oc1cccc(/C=C(\C#N)c2nc3ccccc3[nH]2)c1)C(=O)O. The van der Waals surface area contributed by atoms with Gasteiger partial charge in [-0.25, -0.2) is 9.78 Å². The van der Waals surface area contributed by atoms with Crippen LogP contribution in [0.25, 0.3) is 22.7 Å². The number of nitrogens with zero attached hydrogens (tertiary/aromatic N) is 2. The van der Waals surface area contributed by atoms with E-state index in [0.717, 1.165) is 11.0 Å². The Labute approximate surface area is 144 Å². The summed E-state index contributed by atoms with van der Waals surface area (Å²) in [4.78, 5) is 18.4. The average Bonchev–Trinajstić information content (AvgIpc) is 3.03. The van der Waals surface area contributed by atoms with E-state index >= 15 is 0 Å². The summed E-state index contributed by atoms with van der Waals surface area (Å²) < 4.78 is 5.35. The van der Waals surface area contributed by atoms with Crippen LogP contribution in [0.4, 0.5) is 0 Å². The van der Waals surface area contributed by atoms with Crippen LogP contribution in [0.15, 0.2) is 48.5 Å². The molecule has 0 aliphatic carbocycles. The minimum absolute atomic E-state index is 0.375. The highest BCUT2D eigenvalue weighted by atomic mass is 16.5. The highest BCUT2D eigenvalue weighted by Crippen LogP contribution is 2.21. The van der Waals surface area contributed by atoms with Gasteiger partial charge in [0.15, 0.2) is 6.10 Å². The lowest BCUT2D eigenvalue weighted by atomic mass is 10.1. The van der Waals surface area contributed by atoms with Crippen LogP contribution < -0.4 is 4.74 Å². The van der Waals surface area contributed by atoms with Crippen molar-refractivity contribution in [3.05, 3.63) is 59.9 Å². The van der Waals surface area contributed by atoms with Crippen LogP contribution in [0.2, 0.25) is 0 Å². The van der Waals surface area contributed by atoms with Crippen molar-refractivity contribution >= 4 is 28.7 Å². The van der Waals surface area contributed by atoms with Gasteiger partial charge in [0.05, 0.1) is 16.6 Å². The molecule has 1 atom stereocenters. The van der Waals surface area contributed by atoms with Crippen molar-refractivity contribution in [2.45, 2.75) is 13.0 Å². The number of hydrogen-bond acceptors (Lipinski definition) is 4. The summed E-state index contributed by atoms with van der Waals surface area (Å²) in [5.74, 6) is -0.139. The minimum atomic E-state index is -1.04. The third-order valence-electron chi connectivity index (χ3n) is 3.59. The molecule has 0 aliphatic rings. The molecule has 0 amide bonds. The number of aliphatic carboxylic acids is 1. The molecule has 2 N–H and O–H groups in total. The van der Waals surface area contributed by atoms with Crippen molar-refractivity contribution in [2.24, 2.45) is 0 Å². The fraction of sp³-hybridized carbons (Fsp3) is 0.105. The van der Waals surface area contributed by atoms with Gasteiger partial charge < -0.3 is 14.8 Å². The molecule has 0 saturated carbocycles. The van der Waals surface area contributed by atoms with Gasteiger partial charge in [0.2, 0.25) is 0 Å². The van der Waals surface area contributed by atoms with Crippen LogP contribution in [-0.2, 0) is 4.79 Å². The molecule has 0 spiro atoms. The van der Waals surface area contributed by atoms with Gasteiger partial charge in [-0.05, 0) is 42.8 Å². The van der Waals surface area contributed by atoms with Crippen LogP contribution in [0.5, 0.6) is 5.75 Å². The number of rotatable bonds is 5. The third kappa shape index (κ3) is 3.67. The molecule has 124 valence electrons. The molecule has 0 bridgehead atoms. The summed E-state index contributed by atoms with van der Waals surface area (Å²) in [6.45, 7) is 1.46. The van der Waals surface area contributed by atoms with Gasteiger partial charge in [0.1, 0.15) is 17.6 Å². The summed E-state index contributed by atoms with van der Waals surface area (Å²) in [5, 5.41) is 18.4. The Balaban J connectivity index is 1.92. The maximum atomic E-state index is 10.9. The molecule has 6 nitrogen and oxygen atoms in total. The fourth-order valence-electron chi connectivity index (χ4n) is 2.33. The van der Waals surface area contributed by atoms with Crippen LogP contribution in [0, 0.1) is 11.3 Å². The van der Waals surface area contributed by atoms with Crippen molar-refractivity contribution in [1.29, 1.82) is 5.26 Å². The Kier molecular flexibility index (Phi) is 4.48. The monoisotopic (exact) mass is 333 g/mol. The standard InChI is InChI=1S/C19H15N3O3/c1-12(19(23)24)25-15-6-4-5-13(10-15)9-14(11-20)18-21-16-7-2-3-8-17(16)22-18/h2-10,12H,1H3,(H,21,22)(H,23,24)/b14-9+/t12-/m1/s1. The molecule has 6 heteroatoms. The number of hydrogen-bond donors (Lipinski definition) is 2. The number of H-pyrrole nitrogens is 1. The molecule has 1 aromatic heterocycles. The molecule has 1 heterocycles. The summed E-state index contributed by atoms with van der Waals surface area (Å²) in [7, 11) is 0. The lowest BCUT2D eigenvalue weighted by Gasteiger charge is -2.10. The molecular formula is C19H15N3O3. The van der Waals surface area contributed by atoms with Gasteiger partial charge in [-0.3, -0.25) is 0 Å². The topological polar surface area (TPSA) is 99.0 Å². The van der Waals surface area contributed by atoms with Crippen LogP contribution >= 0.6 is 0 Å². The smallest absolute Gasteiger partial charge is 0.344 e. The second-order valence-corrected chi connectivity index (χ2v) is 5.44. The maximum Gasteiger partial charge on any atom is 0.344 e. The Morgan fingerprint density at radius 3 is 2.84 bits per heavy atom. The molecule has 0 aliphatic heterocycles. The zero-order chi connectivity index (χ0) is 17.8. The number of carboxylic acid groups (broad SMARTS) is 1. The number of imidazole rings is 1. The number of carboxylic acids is 1. The predicted octanol–water partition coefficient (Wildman–Crippen LogP) is 3.48. The largest absolute Gasteiger partial charge is 0.479 e. The number of nitriles is 1. The summed E-state index contributed by atoms with van der Waals surface area (Å²) >= 11 is 0. The third-order valence-corrected chi connectivity index (χ3v) is 3.59. The molecule has 2 aromatic carbocycles. The molecule has 3 rings (SSSR count). The van der Waals surface area contributed by atoms with Crippen molar-refractivity contribution in [1.82, 2.24) is 9.97 Å². The van der Waals surface area contributed by atoms with E-state index < -0.39 is 12.1 Å². The van der Waals surface area contributed by atoms with E-state index in [1.165, 1.54) is 6.92 Å². The zero-order valence-electron chi connectivity index (χ0n) is 13.4. The number of allylic oxidation sites excluding steroid dienone is 1. The highest BCUT2D eigenvalue weighted by molar-refractivity contribution is 5.90. The van der Waals surface area contributed by atoms with Gasteiger partial charge in [0, 0.05) is 0 Å². The van der Waals surface area contributed by atoms with Crippen LogP contribution in [-0.4, -0.2) is 27.1 Å². The maximum absolute atomic E-state index is 10.9. The van der Waals surface area contributed by atoms with E-state index in [2.05, 4.69) is 16.0 Å². The second-order valence-electron chi connectivity index (χ2n) is 5.44. The number of carbonyl (C=O) groups is 1. The average molecular weight is 333 g/mol. The first-order valence-electron chi connectivity index (χ1n) is 7.63. The number of para-hydroxylation sites is 2. The molecular weight excluding hydrogens is 318 g/mol. The summed E-state index contributed by atoms with van der Waals surface area (Å²) in [6.07, 6.45) is 0.723. The fourth-order valence-corrected chi connectivity index (χ4v) is 2.33. The lowest BCUT2D eigenvalue weighted by Crippen LogP contribution is -2.22. The van der Waals surface area contributed by atoms with Crippen molar-refractivity contribution < 1.29 is 14.6 Å². The number of fused-ring (bicyclic) bond motifs is 1. The Morgan fingerprint density at radius 2 is 2.12 bits per heavy atom. The molecule has 0 saturated heterocycles. The van der Waals surface area contributed by atoms with E-state index in [1.807, 2.05) is 24.3 Å². The molecule has 3 aromatic rings. The Bertz CT molecular complexity index is 965. The van der Waals surface area contributed by atoms with Gasteiger partial charge in [0.25, 0.3) is 0 Å². The van der Waals surface area contributed by atoms with E-state index in [9.17, 15) is 10.1 Å². The van der Waals surface area contributed by atoms with E-state index in [1.54, 1.807) is 30.3 Å². The van der Waals surface area contributed by atoms with Gasteiger partial charge in [-0.2, -0.15) is 5.26 Å². The summed E-state index contributed by atoms with van der Waals surface area (Å²) in [5.41, 5.74) is 2.73. The second kappa shape index (κ2) is 6.89. The van der Waals surface area contributed by atoms with Gasteiger partial charge in [-0.15, -0.1) is 0 Å². The van der Waals surface area contributed by atoms with Crippen molar-refractivity contribution in [2.75, 3.05) is 0 Å². The van der Waals surface area contributed by atoms with Crippen molar-refractivity contribution in [3.8, 4) is 11.8 Å². The number of nitrogens with one attached hydrogen (secondary N) is 1. The first-order chi connectivity index (χ1) is 12.1. The quantitative estimate of drug-likeness (QED) is 0.696. The number of ether oxygens (including phenoxy) is 1. The lowest BCUT2D eigenvalue weighted by molar-refractivity contribution is -0.144. The number of aromatic amines is 1. The predicted molar refractivity (Wildman–Crippen MR) is 93.7 cm³/mol. The number of benzene rings is 2. The van der Waals surface area contributed by atoms with Crippen LogP contribution in [0.1, 0.15) is 18.3 Å². The Morgan fingerprint density at radius 1 is 1.32 bits per heavy atom. The number of aromatic nitrogens is 2. The van der Waals surface area contributed by atoms with Crippen molar-refractivity contribution in [3.63, 3.8) is 0 Å². The van der Waals surface area contributed by atoms with Gasteiger partial charge >= 0.3 is 5.97 Å². The first-order valence-corrected chi connectivity index (χ1v) is 7.63. The van der Waals surface area contributed by atoms with E-state index in [4.69, 9.17) is 9.84 Å². The minimum Gasteiger partial charge on any atom is -0.479 e. The molecule has 0 unspecified atom stereocenters. The van der Waals surface area contributed by atoms with E-state index in [-0.39, 0.29) is 0 Å². The highest BCUT2D eigenvalue weighted by Gasteiger charge is 2.12. The molecule has 25 heavy (non-hydrogen) atoms. The normalized spacial score (nSPS) is 12.6. The van der Waals surface area contributed by atoms with Gasteiger partial charge in [-0.1, -0.05) is 24.3 Å². The zero-order valence-corrected chi connectivity index (χ0v) is 13.4.